The molecule has 0 aliphatic heterocycles. The molecule has 0 aliphatic rings. The van der Waals surface area contributed by atoms with Gasteiger partial charge < -0.3 is 0 Å². The Morgan fingerprint density at radius 1 is 1.33 bits per heavy atom. The van der Waals surface area contributed by atoms with E-state index in [0.717, 1.165) is 17.3 Å². The summed E-state index contributed by atoms with van der Waals surface area (Å²) in [5.74, 6) is 0. The lowest BCUT2D eigenvalue weighted by Gasteiger charge is -2.10. The van der Waals surface area contributed by atoms with Crippen molar-refractivity contribution in [3.63, 3.8) is 0 Å². The van der Waals surface area contributed by atoms with Crippen molar-refractivity contribution in [2.45, 2.75) is 28.8 Å². The van der Waals surface area contributed by atoms with Crippen LogP contribution in [0.1, 0.15) is 18.9 Å². The topological polar surface area (TPSA) is 46.2 Å². The molecule has 0 spiro atoms. The van der Waals surface area contributed by atoms with Gasteiger partial charge in [-0.2, -0.15) is 11.8 Å². The van der Waals surface area contributed by atoms with Crippen molar-refractivity contribution in [3.05, 3.63) is 29.8 Å². The Bertz CT molecular complexity index is 459. The highest BCUT2D eigenvalue weighted by molar-refractivity contribution is 9.08. The number of halogens is 1. The van der Waals surface area contributed by atoms with E-state index in [1.54, 1.807) is 23.9 Å². The zero-order chi connectivity index (χ0) is 13.6. The van der Waals surface area contributed by atoms with Gasteiger partial charge in [0, 0.05) is 17.1 Å². The highest BCUT2D eigenvalue weighted by Gasteiger charge is 2.13. The number of hydrogen-bond donors (Lipinski definition) is 1. The first-order chi connectivity index (χ1) is 8.49. The van der Waals surface area contributed by atoms with Gasteiger partial charge in [-0.05, 0) is 30.4 Å². The molecule has 0 aliphatic carbocycles. The van der Waals surface area contributed by atoms with E-state index >= 15 is 0 Å². The molecule has 0 radical (unpaired) electrons. The van der Waals surface area contributed by atoms with Gasteiger partial charge in [-0.3, -0.25) is 0 Å². The summed E-state index contributed by atoms with van der Waals surface area (Å²) < 4.78 is 26.6. The van der Waals surface area contributed by atoms with Crippen molar-refractivity contribution in [2.75, 3.05) is 12.8 Å². The van der Waals surface area contributed by atoms with Crippen LogP contribution in [0.5, 0.6) is 0 Å². The van der Waals surface area contributed by atoms with E-state index in [2.05, 4.69) is 27.6 Å². The molecule has 3 nitrogen and oxygen atoms in total. The van der Waals surface area contributed by atoms with Gasteiger partial charge in [0.1, 0.15) is 0 Å². The fraction of sp³-hybridized carbons (Fsp3) is 0.500. The van der Waals surface area contributed by atoms with E-state index in [0.29, 0.717) is 16.7 Å². The molecule has 6 heteroatoms. The molecule has 102 valence electrons. The average Bonchev–Trinajstić information content (AvgIpc) is 2.38. The van der Waals surface area contributed by atoms with Crippen molar-refractivity contribution < 1.29 is 8.42 Å². The van der Waals surface area contributed by atoms with Gasteiger partial charge in [-0.15, -0.1) is 0 Å². The van der Waals surface area contributed by atoms with E-state index < -0.39 is 10.0 Å². The van der Waals surface area contributed by atoms with Crippen LogP contribution in [-0.2, 0) is 15.4 Å². The molecule has 0 fully saturated rings. The van der Waals surface area contributed by atoms with Crippen LogP contribution < -0.4 is 4.72 Å². The lowest BCUT2D eigenvalue weighted by Crippen LogP contribution is -2.26. The molecule has 18 heavy (non-hydrogen) atoms. The second kappa shape index (κ2) is 7.53. The summed E-state index contributed by atoms with van der Waals surface area (Å²) in [4.78, 5) is 0.323. The smallest absolute Gasteiger partial charge is 0.211 e. The molecule has 1 unspecified atom stereocenters. The summed E-state index contributed by atoms with van der Waals surface area (Å²) in [6.07, 6.45) is 2.86. The van der Waals surface area contributed by atoms with E-state index in [9.17, 15) is 8.42 Å². The van der Waals surface area contributed by atoms with Crippen LogP contribution >= 0.6 is 27.7 Å². The number of thioether (sulfide) groups is 1. The van der Waals surface area contributed by atoms with Crippen molar-refractivity contribution in [1.29, 1.82) is 0 Å². The Kier molecular flexibility index (Phi) is 6.70. The maximum atomic E-state index is 12.0. The fourth-order valence-corrected chi connectivity index (χ4v) is 3.13. The normalized spacial score (nSPS) is 13.5. The van der Waals surface area contributed by atoms with Crippen LogP contribution in [0.25, 0.3) is 0 Å². The number of rotatable bonds is 7. The minimum Gasteiger partial charge on any atom is -0.211 e. The molecule has 0 bridgehead atoms. The number of benzene rings is 1. The fourth-order valence-electron chi connectivity index (χ4n) is 1.36. The first-order valence-electron chi connectivity index (χ1n) is 5.67. The summed E-state index contributed by atoms with van der Waals surface area (Å²) in [5, 5.41) is 1.19. The third-order valence-electron chi connectivity index (χ3n) is 2.63. The first kappa shape index (κ1) is 16.0. The van der Waals surface area contributed by atoms with Crippen LogP contribution in [0, 0.1) is 0 Å². The number of hydrogen-bond acceptors (Lipinski definition) is 3. The zero-order valence-corrected chi connectivity index (χ0v) is 13.7. The zero-order valence-electron chi connectivity index (χ0n) is 10.5. The minimum atomic E-state index is -3.36. The van der Waals surface area contributed by atoms with Crippen LogP contribution in [0.15, 0.2) is 29.2 Å². The quantitative estimate of drug-likeness (QED) is 0.768. The Balaban J connectivity index is 2.62. The Morgan fingerprint density at radius 2 is 1.94 bits per heavy atom. The number of nitrogens with one attached hydrogen (secondary N) is 1. The van der Waals surface area contributed by atoms with Crippen molar-refractivity contribution in [2.24, 2.45) is 0 Å². The molecule has 0 amide bonds. The van der Waals surface area contributed by atoms with Gasteiger partial charge in [0.25, 0.3) is 0 Å². The predicted octanol–water partition coefficient (Wildman–Crippen LogP) is 3.00. The molecule has 1 rings (SSSR count). The van der Waals surface area contributed by atoms with Crippen LogP contribution in [-0.4, -0.2) is 26.5 Å². The summed E-state index contributed by atoms with van der Waals surface area (Å²) in [6.45, 7) is 2.56. The van der Waals surface area contributed by atoms with Gasteiger partial charge in [-0.1, -0.05) is 35.0 Å². The molecular formula is C12H18BrNO2S2. The lowest BCUT2D eigenvalue weighted by atomic mass is 10.2. The Morgan fingerprint density at radius 3 is 2.44 bits per heavy atom. The third kappa shape index (κ3) is 4.91. The third-order valence-corrected chi connectivity index (χ3v) is 5.80. The van der Waals surface area contributed by atoms with E-state index in [-0.39, 0.29) is 0 Å². The number of alkyl halides is 1. The molecular weight excluding hydrogens is 334 g/mol. The monoisotopic (exact) mass is 351 g/mol. The summed E-state index contributed by atoms with van der Waals surface area (Å²) in [6, 6.07) is 6.90. The van der Waals surface area contributed by atoms with E-state index in [1.807, 2.05) is 18.4 Å². The predicted molar refractivity (Wildman–Crippen MR) is 81.9 cm³/mol. The molecule has 1 N–H and O–H groups in total. The van der Waals surface area contributed by atoms with Gasteiger partial charge in [0.05, 0.1) is 4.90 Å². The minimum absolute atomic E-state index is 0.323. The maximum absolute atomic E-state index is 12.0. The first-order valence-corrected chi connectivity index (χ1v) is 9.56. The molecule has 0 saturated heterocycles. The lowest BCUT2D eigenvalue weighted by molar-refractivity contribution is 0.579. The van der Waals surface area contributed by atoms with E-state index in [4.69, 9.17) is 0 Å². The molecule has 0 aromatic heterocycles. The molecule has 0 saturated carbocycles. The highest BCUT2D eigenvalue weighted by atomic mass is 79.9. The Labute approximate surface area is 122 Å². The van der Waals surface area contributed by atoms with Crippen LogP contribution in [0.3, 0.4) is 0 Å². The van der Waals surface area contributed by atoms with Gasteiger partial charge in [0.2, 0.25) is 10.0 Å². The molecule has 0 heterocycles. The molecule has 1 aromatic rings. The summed E-state index contributed by atoms with van der Waals surface area (Å²) in [5.41, 5.74) is 1.06. The van der Waals surface area contributed by atoms with Gasteiger partial charge in [-0.25, -0.2) is 13.1 Å². The van der Waals surface area contributed by atoms with Crippen molar-refractivity contribution in [3.8, 4) is 0 Å². The van der Waals surface area contributed by atoms with Crippen molar-refractivity contribution in [1.82, 2.24) is 4.72 Å². The van der Waals surface area contributed by atoms with Crippen LogP contribution in [0.4, 0.5) is 0 Å². The molecule has 1 atom stereocenters. The maximum Gasteiger partial charge on any atom is 0.240 e. The second-order valence-corrected chi connectivity index (χ2v) is 7.61. The SMILES string of the molecule is CSC(C)CCNS(=O)(=O)c1ccc(CBr)cc1. The average molecular weight is 352 g/mol. The van der Waals surface area contributed by atoms with Crippen molar-refractivity contribution >= 4 is 37.7 Å². The second-order valence-electron chi connectivity index (χ2n) is 4.01. The summed E-state index contributed by atoms with van der Waals surface area (Å²) >= 11 is 5.07. The van der Waals surface area contributed by atoms with Crippen LogP contribution in [0.2, 0.25) is 0 Å². The molecule has 1 aromatic carbocycles. The van der Waals surface area contributed by atoms with Gasteiger partial charge >= 0.3 is 0 Å². The largest absolute Gasteiger partial charge is 0.240 e. The van der Waals surface area contributed by atoms with Gasteiger partial charge in [0.15, 0.2) is 0 Å². The highest BCUT2D eigenvalue weighted by Crippen LogP contribution is 2.13. The van der Waals surface area contributed by atoms with E-state index in [1.165, 1.54) is 0 Å². The Hall–Kier alpha value is -0.0400. The summed E-state index contributed by atoms with van der Waals surface area (Å²) in [7, 11) is -3.36. The number of sulfonamides is 1. The standard InChI is InChI=1S/C12H18BrNO2S2/c1-10(17-2)7-8-14-18(15,16)12-5-3-11(9-13)4-6-12/h3-6,10,14H,7-9H2,1-2H3.